The number of amides is 1. The quantitative estimate of drug-likeness (QED) is 0.632. The van der Waals surface area contributed by atoms with Crippen LogP contribution in [0.25, 0.3) is 11.3 Å². The van der Waals surface area contributed by atoms with E-state index in [2.05, 4.69) is 25.8 Å². The summed E-state index contributed by atoms with van der Waals surface area (Å²) in [5.41, 5.74) is 1.68. The molecule has 6 nitrogen and oxygen atoms in total. The number of carbonyl (C=O) groups is 1. The van der Waals surface area contributed by atoms with Crippen molar-refractivity contribution in [2.75, 3.05) is 10.6 Å². The van der Waals surface area contributed by atoms with Crippen LogP contribution in [0.5, 0.6) is 0 Å². The summed E-state index contributed by atoms with van der Waals surface area (Å²) in [6.07, 6.45) is 7.77. The summed E-state index contributed by atoms with van der Waals surface area (Å²) in [4.78, 5) is 17.0. The van der Waals surface area contributed by atoms with Gasteiger partial charge in [0, 0.05) is 23.4 Å². The number of pyridine rings is 1. The van der Waals surface area contributed by atoms with Crippen molar-refractivity contribution in [1.82, 2.24) is 15.2 Å². The average molecular weight is 365 g/mol. The van der Waals surface area contributed by atoms with Crippen molar-refractivity contribution in [2.24, 2.45) is 0 Å². The van der Waals surface area contributed by atoms with Gasteiger partial charge < -0.3 is 10.6 Å². The largest absolute Gasteiger partial charge is 0.367 e. The minimum absolute atomic E-state index is 0.300. The number of aromatic amines is 1. The van der Waals surface area contributed by atoms with Gasteiger partial charge in [-0.1, -0.05) is 25.0 Å². The first kappa shape index (κ1) is 17.2. The fourth-order valence-corrected chi connectivity index (χ4v) is 3.37. The van der Waals surface area contributed by atoms with E-state index in [0.717, 1.165) is 12.8 Å². The molecule has 1 aliphatic rings. The minimum atomic E-state index is -0.385. The number of rotatable bonds is 5. The Morgan fingerprint density at radius 2 is 2.00 bits per heavy atom. The molecular weight excluding hydrogens is 345 g/mol. The number of anilines is 2. The number of halogens is 1. The number of nitrogens with zero attached hydrogens (tertiary/aromatic N) is 2. The Morgan fingerprint density at radius 1 is 1.19 bits per heavy atom. The van der Waals surface area contributed by atoms with Crippen LogP contribution in [0.1, 0.15) is 36.0 Å². The highest BCUT2D eigenvalue weighted by Crippen LogP contribution is 2.28. The summed E-state index contributed by atoms with van der Waals surface area (Å²) in [6, 6.07) is 10.1. The fourth-order valence-electron chi connectivity index (χ4n) is 3.37. The minimum Gasteiger partial charge on any atom is -0.367 e. The summed E-state index contributed by atoms with van der Waals surface area (Å²) in [5.74, 6) is 0.00569. The first-order chi connectivity index (χ1) is 13.2. The SMILES string of the molecule is O=C(Nc1cn[nH]c1-c1ccccc1F)c1ccnc(NC2CCCC2)c1. The van der Waals surface area contributed by atoms with Gasteiger partial charge in [0.2, 0.25) is 0 Å². The van der Waals surface area contributed by atoms with Crippen LogP contribution in [0.3, 0.4) is 0 Å². The van der Waals surface area contributed by atoms with E-state index in [0.29, 0.717) is 34.4 Å². The van der Waals surface area contributed by atoms with E-state index in [9.17, 15) is 9.18 Å². The second-order valence-electron chi connectivity index (χ2n) is 6.65. The predicted octanol–water partition coefficient (Wildman–Crippen LogP) is 4.22. The van der Waals surface area contributed by atoms with Crippen LogP contribution in [-0.2, 0) is 0 Å². The third-order valence-corrected chi connectivity index (χ3v) is 4.76. The van der Waals surface area contributed by atoms with Crippen LogP contribution in [0.15, 0.2) is 48.8 Å². The first-order valence-corrected chi connectivity index (χ1v) is 9.03. The third-order valence-electron chi connectivity index (χ3n) is 4.76. The molecular formula is C20H20FN5O. The highest BCUT2D eigenvalue weighted by Gasteiger charge is 2.17. The van der Waals surface area contributed by atoms with E-state index in [1.54, 1.807) is 36.5 Å². The van der Waals surface area contributed by atoms with E-state index >= 15 is 0 Å². The maximum Gasteiger partial charge on any atom is 0.255 e. The van der Waals surface area contributed by atoms with Crippen molar-refractivity contribution in [3.05, 3.63) is 60.2 Å². The van der Waals surface area contributed by atoms with E-state index in [-0.39, 0.29) is 11.7 Å². The van der Waals surface area contributed by atoms with Crippen molar-refractivity contribution in [1.29, 1.82) is 0 Å². The zero-order valence-corrected chi connectivity index (χ0v) is 14.7. The fraction of sp³-hybridized carbons (Fsp3) is 0.250. The number of benzene rings is 1. The second-order valence-corrected chi connectivity index (χ2v) is 6.65. The standard InChI is InChI=1S/C20H20FN5O/c21-16-8-4-3-7-15(16)19-17(12-23-26-19)25-20(27)13-9-10-22-18(11-13)24-14-5-1-2-6-14/h3-4,7-12,14H,1-2,5-6H2,(H,22,24)(H,23,26)(H,25,27). The molecule has 0 aliphatic heterocycles. The Labute approximate surface area is 156 Å². The molecule has 1 aliphatic carbocycles. The maximum atomic E-state index is 14.1. The Kier molecular flexibility index (Phi) is 4.82. The lowest BCUT2D eigenvalue weighted by molar-refractivity contribution is 0.102. The Balaban J connectivity index is 1.52. The predicted molar refractivity (Wildman–Crippen MR) is 102 cm³/mol. The van der Waals surface area contributed by atoms with E-state index in [1.165, 1.54) is 25.1 Å². The van der Waals surface area contributed by atoms with Gasteiger partial charge in [-0.25, -0.2) is 9.37 Å². The Hall–Kier alpha value is -3.22. The summed E-state index contributed by atoms with van der Waals surface area (Å²) in [6.45, 7) is 0. The summed E-state index contributed by atoms with van der Waals surface area (Å²) < 4.78 is 14.1. The topological polar surface area (TPSA) is 82.7 Å². The van der Waals surface area contributed by atoms with Crippen molar-refractivity contribution in [2.45, 2.75) is 31.7 Å². The van der Waals surface area contributed by atoms with Crippen LogP contribution in [0, 0.1) is 5.82 Å². The van der Waals surface area contributed by atoms with Crippen LogP contribution >= 0.6 is 0 Å². The molecule has 3 aromatic rings. The van der Waals surface area contributed by atoms with E-state index in [4.69, 9.17) is 0 Å². The molecule has 3 N–H and O–H groups in total. The number of nitrogens with one attached hydrogen (secondary N) is 3. The molecule has 1 saturated carbocycles. The van der Waals surface area contributed by atoms with Gasteiger partial charge in [-0.3, -0.25) is 9.89 Å². The van der Waals surface area contributed by atoms with Crippen LogP contribution in [0.2, 0.25) is 0 Å². The molecule has 0 unspecified atom stereocenters. The van der Waals surface area contributed by atoms with Gasteiger partial charge in [0.1, 0.15) is 11.6 Å². The van der Waals surface area contributed by atoms with Crippen LogP contribution < -0.4 is 10.6 Å². The lowest BCUT2D eigenvalue weighted by Gasteiger charge is -2.13. The highest BCUT2D eigenvalue weighted by atomic mass is 19.1. The normalized spacial score (nSPS) is 14.3. The molecule has 0 atom stereocenters. The molecule has 0 bridgehead atoms. The molecule has 27 heavy (non-hydrogen) atoms. The first-order valence-electron chi connectivity index (χ1n) is 9.03. The summed E-state index contributed by atoms with van der Waals surface area (Å²) >= 11 is 0. The van der Waals surface area contributed by atoms with Gasteiger partial charge in [0.05, 0.1) is 17.6 Å². The number of hydrogen-bond donors (Lipinski definition) is 3. The molecule has 1 fully saturated rings. The lowest BCUT2D eigenvalue weighted by Crippen LogP contribution is -2.17. The lowest BCUT2D eigenvalue weighted by atomic mass is 10.1. The van der Waals surface area contributed by atoms with E-state index < -0.39 is 0 Å². The second kappa shape index (κ2) is 7.57. The molecule has 0 radical (unpaired) electrons. The summed E-state index contributed by atoms with van der Waals surface area (Å²) in [7, 11) is 0. The molecule has 7 heteroatoms. The number of H-pyrrole nitrogens is 1. The highest BCUT2D eigenvalue weighted by molar-refractivity contribution is 6.06. The molecule has 2 aromatic heterocycles. The van der Waals surface area contributed by atoms with Crippen molar-refractivity contribution in [3.63, 3.8) is 0 Å². The monoisotopic (exact) mass is 365 g/mol. The van der Waals surface area contributed by atoms with Gasteiger partial charge in [0.25, 0.3) is 5.91 Å². The maximum absolute atomic E-state index is 14.1. The molecule has 4 rings (SSSR count). The molecule has 0 spiro atoms. The van der Waals surface area contributed by atoms with Crippen molar-refractivity contribution in [3.8, 4) is 11.3 Å². The average Bonchev–Trinajstić information content (AvgIpc) is 3.34. The summed E-state index contributed by atoms with van der Waals surface area (Å²) in [5, 5.41) is 12.9. The van der Waals surface area contributed by atoms with Gasteiger partial charge in [-0.15, -0.1) is 0 Å². The Bertz CT molecular complexity index is 949. The molecule has 1 amide bonds. The number of aromatic nitrogens is 3. The Morgan fingerprint density at radius 3 is 2.81 bits per heavy atom. The molecule has 1 aromatic carbocycles. The number of hydrogen-bond acceptors (Lipinski definition) is 4. The van der Waals surface area contributed by atoms with Crippen molar-refractivity contribution >= 4 is 17.4 Å². The third kappa shape index (κ3) is 3.81. The van der Waals surface area contributed by atoms with E-state index in [1.807, 2.05) is 0 Å². The van der Waals surface area contributed by atoms with Gasteiger partial charge in [-0.05, 0) is 37.1 Å². The smallest absolute Gasteiger partial charge is 0.255 e. The van der Waals surface area contributed by atoms with Gasteiger partial charge >= 0.3 is 0 Å². The van der Waals surface area contributed by atoms with Gasteiger partial charge in [0.15, 0.2) is 0 Å². The van der Waals surface area contributed by atoms with Gasteiger partial charge in [-0.2, -0.15) is 5.10 Å². The van der Waals surface area contributed by atoms with Crippen LogP contribution in [0.4, 0.5) is 15.9 Å². The van der Waals surface area contributed by atoms with Crippen LogP contribution in [-0.4, -0.2) is 27.1 Å². The zero-order chi connectivity index (χ0) is 18.6. The molecule has 2 heterocycles. The molecule has 138 valence electrons. The molecule has 0 saturated heterocycles. The number of carbonyl (C=O) groups excluding carboxylic acids is 1. The zero-order valence-electron chi connectivity index (χ0n) is 14.7. The van der Waals surface area contributed by atoms with Crippen molar-refractivity contribution < 1.29 is 9.18 Å².